The molecular weight excluding hydrogens is 308 g/mol. The Balaban J connectivity index is 1.58. The first-order valence-electron chi connectivity index (χ1n) is 7.88. The maximum Gasteiger partial charge on any atom is 0.237 e. The SMILES string of the molecule is COc1ccccc1CNC(=O)C(C)N1CCc2sccc2C1. The van der Waals surface area contributed by atoms with Crippen molar-refractivity contribution in [1.82, 2.24) is 10.2 Å². The van der Waals surface area contributed by atoms with Crippen molar-refractivity contribution < 1.29 is 9.53 Å². The molecule has 122 valence electrons. The standard InChI is InChI=1S/C18H22N2O2S/c1-13(20-9-7-17-15(12-20)8-10-23-17)18(21)19-11-14-5-3-4-6-16(14)22-2/h3-6,8,10,13H,7,9,11-12H2,1-2H3,(H,19,21). The number of para-hydroxylation sites is 1. The molecule has 4 nitrogen and oxygen atoms in total. The molecule has 1 amide bonds. The number of amides is 1. The van der Waals surface area contributed by atoms with E-state index in [9.17, 15) is 4.79 Å². The first kappa shape index (κ1) is 16.0. The van der Waals surface area contributed by atoms with Gasteiger partial charge in [-0.3, -0.25) is 9.69 Å². The van der Waals surface area contributed by atoms with Gasteiger partial charge in [0.2, 0.25) is 5.91 Å². The summed E-state index contributed by atoms with van der Waals surface area (Å²) >= 11 is 1.82. The molecule has 1 unspecified atom stereocenters. The second-order valence-electron chi connectivity index (χ2n) is 5.80. The van der Waals surface area contributed by atoms with Gasteiger partial charge in [0.1, 0.15) is 5.75 Å². The van der Waals surface area contributed by atoms with Gasteiger partial charge in [0.15, 0.2) is 0 Å². The Hall–Kier alpha value is -1.85. The minimum atomic E-state index is -0.127. The lowest BCUT2D eigenvalue weighted by molar-refractivity contribution is -0.126. The van der Waals surface area contributed by atoms with Crippen molar-refractivity contribution in [2.75, 3.05) is 13.7 Å². The highest BCUT2D eigenvalue weighted by atomic mass is 32.1. The van der Waals surface area contributed by atoms with Gasteiger partial charge in [0, 0.05) is 30.1 Å². The summed E-state index contributed by atoms with van der Waals surface area (Å²) < 4.78 is 5.32. The molecule has 0 aliphatic carbocycles. The lowest BCUT2D eigenvalue weighted by Gasteiger charge is -2.31. The predicted molar refractivity (Wildman–Crippen MR) is 92.7 cm³/mol. The number of fused-ring (bicyclic) bond motifs is 1. The number of hydrogen-bond donors (Lipinski definition) is 1. The first-order valence-corrected chi connectivity index (χ1v) is 8.76. The Labute approximate surface area is 141 Å². The fourth-order valence-corrected chi connectivity index (χ4v) is 3.84. The van der Waals surface area contributed by atoms with Crippen LogP contribution in [-0.2, 0) is 24.3 Å². The molecule has 0 spiro atoms. The number of nitrogens with zero attached hydrogens (tertiary/aromatic N) is 1. The smallest absolute Gasteiger partial charge is 0.237 e. The van der Waals surface area contributed by atoms with Gasteiger partial charge in [-0.1, -0.05) is 18.2 Å². The quantitative estimate of drug-likeness (QED) is 0.916. The Kier molecular flexibility index (Phi) is 4.98. The number of nitrogens with one attached hydrogen (secondary N) is 1. The van der Waals surface area contributed by atoms with E-state index in [1.165, 1.54) is 10.4 Å². The molecule has 2 heterocycles. The van der Waals surface area contributed by atoms with Crippen LogP contribution < -0.4 is 10.1 Å². The van der Waals surface area contributed by atoms with E-state index in [1.807, 2.05) is 42.5 Å². The monoisotopic (exact) mass is 330 g/mol. The summed E-state index contributed by atoms with van der Waals surface area (Å²) in [6, 6.07) is 9.81. The van der Waals surface area contributed by atoms with Crippen molar-refractivity contribution in [2.45, 2.75) is 32.5 Å². The van der Waals surface area contributed by atoms with Crippen LogP contribution in [0.25, 0.3) is 0 Å². The van der Waals surface area contributed by atoms with Gasteiger partial charge in [-0.05, 0) is 36.4 Å². The van der Waals surface area contributed by atoms with Crippen molar-refractivity contribution in [2.24, 2.45) is 0 Å². The average molecular weight is 330 g/mol. The van der Waals surface area contributed by atoms with E-state index in [1.54, 1.807) is 7.11 Å². The molecule has 1 aliphatic heterocycles. The van der Waals surface area contributed by atoms with E-state index in [-0.39, 0.29) is 11.9 Å². The molecule has 0 bridgehead atoms. The van der Waals surface area contributed by atoms with Crippen molar-refractivity contribution in [1.29, 1.82) is 0 Å². The molecule has 1 aromatic heterocycles. The molecular formula is C18H22N2O2S. The van der Waals surface area contributed by atoms with Gasteiger partial charge in [0.25, 0.3) is 0 Å². The van der Waals surface area contributed by atoms with Crippen LogP contribution in [-0.4, -0.2) is 30.5 Å². The van der Waals surface area contributed by atoms with Crippen LogP contribution in [0.2, 0.25) is 0 Å². The number of methoxy groups -OCH3 is 1. The lowest BCUT2D eigenvalue weighted by atomic mass is 10.1. The summed E-state index contributed by atoms with van der Waals surface area (Å²) in [5.41, 5.74) is 2.36. The number of carbonyl (C=O) groups is 1. The van der Waals surface area contributed by atoms with E-state index in [2.05, 4.69) is 21.7 Å². The van der Waals surface area contributed by atoms with Crippen molar-refractivity contribution in [3.05, 3.63) is 51.7 Å². The maximum absolute atomic E-state index is 12.5. The van der Waals surface area contributed by atoms with Gasteiger partial charge in [0.05, 0.1) is 13.2 Å². The first-order chi connectivity index (χ1) is 11.2. The van der Waals surface area contributed by atoms with Crippen LogP contribution in [0.15, 0.2) is 35.7 Å². The number of carbonyl (C=O) groups excluding carboxylic acids is 1. The second-order valence-corrected chi connectivity index (χ2v) is 6.80. The number of ether oxygens (including phenoxy) is 1. The van der Waals surface area contributed by atoms with Gasteiger partial charge < -0.3 is 10.1 Å². The van der Waals surface area contributed by atoms with Gasteiger partial charge in [-0.2, -0.15) is 0 Å². The molecule has 1 aliphatic rings. The highest BCUT2D eigenvalue weighted by Gasteiger charge is 2.25. The second kappa shape index (κ2) is 7.15. The highest BCUT2D eigenvalue weighted by Crippen LogP contribution is 2.25. The van der Waals surface area contributed by atoms with E-state index in [0.717, 1.165) is 30.8 Å². The average Bonchev–Trinajstić information content (AvgIpc) is 3.06. The van der Waals surface area contributed by atoms with Gasteiger partial charge in [-0.15, -0.1) is 11.3 Å². The fourth-order valence-electron chi connectivity index (χ4n) is 2.95. The van der Waals surface area contributed by atoms with Crippen LogP contribution in [0, 0.1) is 0 Å². The van der Waals surface area contributed by atoms with E-state index >= 15 is 0 Å². The minimum absolute atomic E-state index is 0.0644. The molecule has 5 heteroatoms. The van der Waals surface area contributed by atoms with Crippen molar-refractivity contribution in [3.8, 4) is 5.75 Å². The summed E-state index contributed by atoms with van der Waals surface area (Å²) in [7, 11) is 1.65. The molecule has 23 heavy (non-hydrogen) atoms. The molecule has 0 fully saturated rings. The minimum Gasteiger partial charge on any atom is -0.496 e. The van der Waals surface area contributed by atoms with Gasteiger partial charge >= 0.3 is 0 Å². The zero-order chi connectivity index (χ0) is 16.2. The van der Waals surface area contributed by atoms with Crippen LogP contribution in [0.3, 0.4) is 0 Å². The third-order valence-corrected chi connectivity index (χ3v) is 5.43. The van der Waals surface area contributed by atoms with Crippen molar-refractivity contribution >= 4 is 17.2 Å². The summed E-state index contributed by atoms with van der Waals surface area (Å²) in [6.45, 7) is 4.28. The van der Waals surface area contributed by atoms with E-state index < -0.39 is 0 Å². The number of thiophene rings is 1. The maximum atomic E-state index is 12.5. The molecule has 0 saturated heterocycles. The number of rotatable bonds is 5. The van der Waals surface area contributed by atoms with E-state index in [0.29, 0.717) is 6.54 Å². The van der Waals surface area contributed by atoms with Crippen LogP contribution in [0.1, 0.15) is 22.9 Å². The zero-order valence-electron chi connectivity index (χ0n) is 13.5. The van der Waals surface area contributed by atoms with Crippen LogP contribution in [0.5, 0.6) is 5.75 Å². The summed E-state index contributed by atoms with van der Waals surface area (Å²) in [6.07, 6.45) is 1.04. The summed E-state index contributed by atoms with van der Waals surface area (Å²) in [5, 5.41) is 5.17. The fraction of sp³-hybridized carbons (Fsp3) is 0.389. The largest absolute Gasteiger partial charge is 0.496 e. The molecule has 3 rings (SSSR count). The molecule has 0 saturated carbocycles. The molecule has 1 N–H and O–H groups in total. The molecule has 1 aromatic carbocycles. The van der Waals surface area contributed by atoms with Gasteiger partial charge in [-0.25, -0.2) is 0 Å². The molecule has 0 radical (unpaired) electrons. The number of hydrogen-bond acceptors (Lipinski definition) is 4. The van der Waals surface area contributed by atoms with Crippen LogP contribution in [0.4, 0.5) is 0 Å². The van der Waals surface area contributed by atoms with E-state index in [4.69, 9.17) is 4.74 Å². The highest BCUT2D eigenvalue weighted by molar-refractivity contribution is 7.10. The Morgan fingerprint density at radius 2 is 2.22 bits per heavy atom. The Morgan fingerprint density at radius 1 is 1.39 bits per heavy atom. The summed E-state index contributed by atoms with van der Waals surface area (Å²) in [4.78, 5) is 16.2. The third-order valence-electron chi connectivity index (χ3n) is 4.41. The Morgan fingerprint density at radius 3 is 3.04 bits per heavy atom. The number of benzene rings is 1. The van der Waals surface area contributed by atoms with Crippen molar-refractivity contribution in [3.63, 3.8) is 0 Å². The lowest BCUT2D eigenvalue weighted by Crippen LogP contribution is -2.46. The Bertz CT molecular complexity index is 683. The zero-order valence-corrected chi connectivity index (χ0v) is 14.4. The molecule has 2 aromatic rings. The normalized spacial score (nSPS) is 15.7. The van der Waals surface area contributed by atoms with Crippen LogP contribution >= 0.6 is 11.3 Å². The molecule has 1 atom stereocenters. The third kappa shape index (κ3) is 3.57. The predicted octanol–water partition coefficient (Wildman–Crippen LogP) is 2.82. The topological polar surface area (TPSA) is 41.6 Å². The summed E-state index contributed by atoms with van der Waals surface area (Å²) in [5.74, 6) is 0.871.